The van der Waals surface area contributed by atoms with E-state index in [9.17, 15) is 14.9 Å². The van der Waals surface area contributed by atoms with Crippen molar-refractivity contribution in [2.75, 3.05) is 32.1 Å². The molecule has 142 valence electrons. The number of aromatic nitrogens is 1. The SMILES string of the molecule is Cc1cc(C)c2sc(N(CCN(C)C)C(=O)c3ccc([N+](=O)[O-])s3)nc2c1. The summed E-state index contributed by atoms with van der Waals surface area (Å²) in [6.07, 6.45) is 0. The molecule has 1 aromatic carbocycles. The number of amides is 1. The molecule has 0 N–H and O–H groups in total. The van der Waals surface area contributed by atoms with Gasteiger partial charge in [0.25, 0.3) is 5.91 Å². The van der Waals surface area contributed by atoms with Crippen LogP contribution >= 0.6 is 22.7 Å². The maximum absolute atomic E-state index is 13.1. The van der Waals surface area contributed by atoms with Gasteiger partial charge >= 0.3 is 5.00 Å². The van der Waals surface area contributed by atoms with E-state index in [1.165, 1.54) is 23.5 Å². The minimum Gasteiger partial charge on any atom is -0.308 e. The van der Waals surface area contributed by atoms with Crippen molar-refractivity contribution in [3.8, 4) is 0 Å². The van der Waals surface area contributed by atoms with Gasteiger partial charge in [-0.15, -0.1) is 0 Å². The highest BCUT2D eigenvalue weighted by molar-refractivity contribution is 7.22. The molecule has 0 aliphatic rings. The van der Waals surface area contributed by atoms with Gasteiger partial charge in [0.2, 0.25) is 0 Å². The third kappa shape index (κ3) is 4.15. The highest BCUT2D eigenvalue weighted by atomic mass is 32.1. The molecule has 0 saturated carbocycles. The zero-order valence-corrected chi connectivity index (χ0v) is 17.2. The Balaban J connectivity index is 2.01. The molecular weight excluding hydrogens is 384 g/mol. The fourth-order valence-corrected chi connectivity index (χ4v) is 4.55. The molecule has 2 heterocycles. The number of fused-ring (bicyclic) bond motifs is 1. The first kappa shape index (κ1) is 19.4. The minimum absolute atomic E-state index is 0.0401. The number of carbonyl (C=O) groups excluding carboxylic acids is 1. The molecule has 0 aliphatic carbocycles. The summed E-state index contributed by atoms with van der Waals surface area (Å²) in [5.74, 6) is -0.261. The summed E-state index contributed by atoms with van der Waals surface area (Å²) in [6.45, 7) is 5.17. The molecule has 0 saturated heterocycles. The summed E-state index contributed by atoms with van der Waals surface area (Å²) in [5, 5.41) is 11.5. The lowest BCUT2D eigenvalue weighted by Crippen LogP contribution is -2.36. The Kier molecular flexibility index (Phi) is 5.54. The molecule has 1 amide bonds. The second-order valence-electron chi connectivity index (χ2n) is 6.58. The number of thiophene rings is 1. The number of carbonyl (C=O) groups is 1. The van der Waals surface area contributed by atoms with E-state index in [0.29, 0.717) is 23.1 Å². The molecule has 9 heteroatoms. The van der Waals surface area contributed by atoms with Crippen LogP contribution in [0.3, 0.4) is 0 Å². The van der Waals surface area contributed by atoms with Crippen LogP contribution in [-0.2, 0) is 0 Å². The van der Waals surface area contributed by atoms with Crippen molar-refractivity contribution in [1.29, 1.82) is 0 Å². The molecule has 0 atom stereocenters. The predicted molar refractivity (Wildman–Crippen MR) is 110 cm³/mol. The lowest BCUT2D eigenvalue weighted by atomic mass is 10.1. The molecular formula is C18H20N4O3S2. The van der Waals surface area contributed by atoms with Crippen molar-refractivity contribution < 1.29 is 9.72 Å². The Morgan fingerprint density at radius 3 is 2.56 bits per heavy atom. The molecule has 0 radical (unpaired) electrons. The molecule has 0 bridgehead atoms. The normalized spacial score (nSPS) is 11.3. The van der Waals surface area contributed by atoms with Gasteiger partial charge in [-0.3, -0.25) is 19.8 Å². The highest BCUT2D eigenvalue weighted by Crippen LogP contribution is 2.34. The van der Waals surface area contributed by atoms with Crippen molar-refractivity contribution in [2.24, 2.45) is 0 Å². The quantitative estimate of drug-likeness (QED) is 0.457. The summed E-state index contributed by atoms with van der Waals surface area (Å²) >= 11 is 2.37. The Bertz CT molecular complexity index is 1010. The van der Waals surface area contributed by atoms with Crippen molar-refractivity contribution >= 4 is 48.9 Å². The first-order valence-electron chi connectivity index (χ1n) is 8.35. The number of hydrogen-bond acceptors (Lipinski definition) is 7. The van der Waals surface area contributed by atoms with E-state index < -0.39 is 4.92 Å². The number of anilines is 1. The molecule has 7 nitrogen and oxygen atoms in total. The Labute approximate surface area is 165 Å². The van der Waals surface area contributed by atoms with Crippen LogP contribution in [0.2, 0.25) is 0 Å². The smallest absolute Gasteiger partial charge is 0.308 e. The molecule has 27 heavy (non-hydrogen) atoms. The summed E-state index contributed by atoms with van der Waals surface area (Å²) in [7, 11) is 3.87. The third-order valence-corrected chi connectivity index (χ3v) is 6.29. The molecule has 0 aliphatic heterocycles. The average molecular weight is 405 g/mol. The number of nitro groups is 1. The lowest BCUT2D eigenvalue weighted by Gasteiger charge is -2.21. The molecule has 3 rings (SSSR count). The van der Waals surface area contributed by atoms with Crippen LogP contribution in [0.4, 0.5) is 10.1 Å². The van der Waals surface area contributed by atoms with Crippen LogP contribution in [-0.4, -0.2) is 47.9 Å². The number of hydrogen-bond donors (Lipinski definition) is 0. The molecule has 0 fully saturated rings. The van der Waals surface area contributed by atoms with E-state index in [2.05, 4.69) is 11.1 Å². The van der Waals surface area contributed by atoms with Crippen molar-refractivity contribution in [3.05, 3.63) is 50.4 Å². The van der Waals surface area contributed by atoms with Crippen LogP contribution in [0.1, 0.15) is 20.8 Å². The van der Waals surface area contributed by atoms with Gasteiger partial charge in [-0.25, -0.2) is 4.98 Å². The fourth-order valence-electron chi connectivity index (χ4n) is 2.74. The maximum Gasteiger partial charge on any atom is 0.324 e. The van der Waals surface area contributed by atoms with E-state index in [0.717, 1.165) is 32.7 Å². The van der Waals surface area contributed by atoms with E-state index in [1.807, 2.05) is 38.9 Å². The number of aryl methyl sites for hydroxylation is 2. The average Bonchev–Trinajstić information content (AvgIpc) is 3.21. The molecule has 0 spiro atoms. The van der Waals surface area contributed by atoms with Crippen LogP contribution in [0.15, 0.2) is 24.3 Å². The summed E-state index contributed by atoms with van der Waals surface area (Å²) in [4.78, 5) is 32.2. The zero-order valence-electron chi connectivity index (χ0n) is 15.6. The summed E-state index contributed by atoms with van der Waals surface area (Å²) in [5.41, 5.74) is 3.12. The van der Waals surface area contributed by atoms with E-state index in [1.54, 1.807) is 4.90 Å². The third-order valence-electron chi connectivity index (χ3n) is 4.04. The van der Waals surface area contributed by atoms with E-state index in [4.69, 9.17) is 0 Å². The minimum atomic E-state index is -0.477. The van der Waals surface area contributed by atoms with Crippen LogP contribution in [0.25, 0.3) is 10.2 Å². The number of rotatable bonds is 6. The predicted octanol–water partition coefficient (Wildman–Crippen LogP) is 4.09. The maximum atomic E-state index is 13.1. The van der Waals surface area contributed by atoms with E-state index in [-0.39, 0.29) is 10.9 Å². The number of nitrogens with zero attached hydrogens (tertiary/aromatic N) is 4. The van der Waals surface area contributed by atoms with E-state index >= 15 is 0 Å². The van der Waals surface area contributed by atoms with Gasteiger partial charge in [0.15, 0.2) is 5.13 Å². The highest BCUT2D eigenvalue weighted by Gasteiger charge is 2.25. The largest absolute Gasteiger partial charge is 0.324 e. The van der Waals surface area contributed by atoms with Crippen molar-refractivity contribution in [2.45, 2.75) is 13.8 Å². The van der Waals surface area contributed by atoms with Crippen LogP contribution < -0.4 is 4.90 Å². The first-order valence-corrected chi connectivity index (χ1v) is 9.98. The van der Waals surface area contributed by atoms with Crippen LogP contribution in [0.5, 0.6) is 0 Å². The zero-order chi connectivity index (χ0) is 19.7. The lowest BCUT2D eigenvalue weighted by molar-refractivity contribution is -0.380. The van der Waals surface area contributed by atoms with Gasteiger partial charge in [0.1, 0.15) is 0 Å². The number of benzene rings is 1. The Morgan fingerprint density at radius 1 is 1.19 bits per heavy atom. The van der Waals surface area contributed by atoms with Gasteiger partial charge in [0, 0.05) is 19.2 Å². The second kappa shape index (κ2) is 7.71. The van der Waals surface area contributed by atoms with Gasteiger partial charge in [-0.05, 0) is 51.2 Å². The standard InChI is InChI=1S/C18H20N4O3S2/c1-11-9-12(2)16-13(10-11)19-18(27-16)21(8-7-20(3)4)17(23)14-5-6-15(26-14)22(24)25/h5-6,9-10H,7-8H2,1-4H3. The Hall–Kier alpha value is -2.36. The molecule has 2 aromatic heterocycles. The Morgan fingerprint density at radius 2 is 1.93 bits per heavy atom. The second-order valence-corrected chi connectivity index (χ2v) is 8.62. The number of likely N-dealkylation sites (N-methyl/N-ethyl adjacent to an activating group) is 1. The molecule has 3 aromatic rings. The topological polar surface area (TPSA) is 79.6 Å². The van der Waals surface area contributed by atoms with Gasteiger partial charge in [-0.1, -0.05) is 28.7 Å². The molecule has 0 unspecified atom stereocenters. The van der Waals surface area contributed by atoms with Gasteiger partial charge < -0.3 is 4.90 Å². The van der Waals surface area contributed by atoms with Gasteiger partial charge in [-0.2, -0.15) is 0 Å². The fraction of sp³-hybridized carbons (Fsp3) is 0.333. The van der Waals surface area contributed by atoms with Crippen molar-refractivity contribution in [3.63, 3.8) is 0 Å². The van der Waals surface area contributed by atoms with Gasteiger partial charge in [0.05, 0.1) is 20.0 Å². The summed E-state index contributed by atoms with van der Waals surface area (Å²) < 4.78 is 1.05. The number of thiazole rings is 1. The summed E-state index contributed by atoms with van der Waals surface area (Å²) in [6, 6.07) is 6.98. The first-order chi connectivity index (χ1) is 12.8. The van der Waals surface area contributed by atoms with Crippen molar-refractivity contribution in [1.82, 2.24) is 9.88 Å². The van der Waals surface area contributed by atoms with Crippen LogP contribution in [0, 0.1) is 24.0 Å². The monoisotopic (exact) mass is 404 g/mol.